The molecule has 212 valence electrons. The quantitative estimate of drug-likeness (QED) is 0.406. The first-order valence-corrected chi connectivity index (χ1v) is 13.4. The number of nitrogens with one attached hydrogen (secondary N) is 1. The molecule has 41 heavy (non-hydrogen) atoms. The molecule has 1 N–H and O–H groups in total. The first-order valence-electron chi connectivity index (χ1n) is 13.4. The zero-order valence-corrected chi connectivity index (χ0v) is 22.5. The van der Waals surface area contributed by atoms with E-state index in [1.807, 2.05) is 60.7 Å². The summed E-state index contributed by atoms with van der Waals surface area (Å²) in [5.41, 5.74) is 1.51. The van der Waals surface area contributed by atoms with Crippen LogP contribution in [0, 0.1) is 11.6 Å². The van der Waals surface area contributed by atoms with Crippen molar-refractivity contribution in [3.8, 4) is 0 Å². The summed E-state index contributed by atoms with van der Waals surface area (Å²) < 4.78 is 29.2. The molecule has 8 nitrogen and oxygen atoms in total. The highest BCUT2D eigenvalue weighted by Gasteiger charge is 2.52. The standard InChI is InChI=1S/C31H31F2N5O3/c1-2-16-36(31(41)34-18-23-12-7-4-8-13-23)37-21-29(39)38-27(17-22-10-5-3-6-11-22)30(40)35(20-28(37)38)19-24-25(32)14-9-15-26(24)33/h2-15,27-28H,1,16-21H2,(H,34,41)/t27-,28+/m0/s1. The van der Waals surface area contributed by atoms with E-state index in [2.05, 4.69) is 11.9 Å². The summed E-state index contributed by atoms with van der Waals surface area (Å²) in [6, 6.07) is 20.9. The van der Waals surface area contributed by atoms with E-state index in [0.29, 0.717) is 0 Å². The SMILES string of the molecule is C=CCN(C(=O)NCc1ccccc1)N1CC(=O)N2[C@@H](Cc3ccccc3)C(=O)N(Cc3c(F)cccc3F)C[C@@H]21. The fraction of sp³-hybridized carbons (Fsp3) is 0.258. The molecular weight excluding hydrogens is 528 g/mol. The number of hydrogen-bond acceptors (Lipinski definition) is 4. The Bertz CT molecular complexity index is 1400. The summed E-state index contributed by atoms with van der Waals surface area (Å²) in [5.74, 6) is -2.24. The fourth-order valence-corrected chi connectivity index (χ4v) is 5.39. The summed E-state index contributed by atoms with van der Waals surface area (Å²) in [7, 11) is 0. The van der Waals surface area contributed by atoms with Gasteiger partial charge < -0.3 is 15.1 Å². The van der Waals surface area contributed by atoms with Crippen LogP contribution in [0.15, 0.2) is 91.5 Å². The van der Waals surface area contributed by atoms with Gasteiger partial charge in [-0.25, -0.2) is 13.6 Å². The van der Waals surface area contributed by atoms with Gasteiger partial charge in [0.15, 0.2) is 0 Å². The minimum Gasteiger partial charge on any atom is -0.333 e. The highest BCUT2D eigenvalue weighted by atomic mass is 19.1. The van der Waals surface area contributed by atoms with Crippen LogP contribution in [0.2, 0.25) is 0 Å². The molecule has 3 aromatic carbocycles. The molecule has 0 saturated carbocycles. The third-order valence-corrected chi connectivity index (χ3v) is 7.38. The number of fused-ring (bicyclic) bond motifs is 1. The second kappa shape index (κ2) is 12.3. The molecule has 2 saturated heterocycles. The van der Waals surface area contributed by atoms with Crippen molar-refractivity contribution in [1.29, 1.82) is 0 Å². The third-order valence-electron chi connectivity index (χ3n) is 7.38. The van der Waals surface area contributed by atoms with E-state index in [-0.39, 0.29) is 50.6 Å². The molecule has 2 fully saturated rings. The molecule has 2 aliphatic rings. The van der Waals surface area contributed by atoms with Crippen molar-refractivity contribution in [2.75, 3.05) is 19.6 Å². The van der Waals surface area contributed by atoms with Crippen molar-refractivity contribution in [2.45, 2.75) is 31.7 Å². The van der Waals surface area contributed by atoms with Gasteiger partial charge in [-0.2, -0.15) is 5.01 Å². The summed E-state index contributed by atoms with van der Waals surface area (Å²) in [4.78, 5) is 43.5. The second-order valence-electron chi connectivity index (χ2n) is 10.0. The van der Waals surface area contributed by atoms with Crippen molar-refractivity contribution >= 4 is 17.8 Å². The number of nitrogens with zero attached hydrogens (tertiary/aromatic N) is 4. The predicted molar refractivity (Wildman–Crippen MR) is 149 cm³/mol. The van der Waals surface area contributed by atoms with Gasteiger partial charge >= 0.3 is 6.03 Å². The maximum Gasteiger partial charge on any atom is 0.332 e. The second-order valence-corrected chi connectivity index (χ2v) is 10.0. The van der Waals surface area contributed by atoms with Crippen LogP contribution in [-0.4, -0.2) is 69.5 Å². The Morgan fingerprint density at radius 2 is 1.59 bits per heavy atom. The van der Waals surface area contributed by atoms with E-state index < -0.39 is 35.8 Å². The lowest BCUT2D eigenvalue weighted by molar-refractivity contribution is -0.157. The zero-order chi connectivity index (χ0) is 28.9. The number of piperazine rings is 1. The maximum absolute atomic E-state index is 14.6. The number of hydrazine groups is 1. The van der Waals surface area contributed by atoms with Gasteiger partial charge in [-0.15, -0.1) is 6.58 Å². The van der Waals surface area contributed by atoms with E-state index in [1.54, 1.807) is 11.1 Å². The number of carbonyl (C=O) groups excluding carboxylic acids is 3. The van der Waals surface area contributed by atoms with E-state index in [4.69, 9.17) is 0 Å². The molecular formula is C31H31F2N5O3. The van der Waals surface area contributed by atoms with Crippen molar-refractivity contribution < 1.29 is 23.2 Å². The number of rotatable bonds is 9. The van der Waals surface area contributed by atoms with Gasteiger partial charge in [0.2, 0.25) is 11.8 Å². The number of halogens is 2. The Labute approximate surface area is 237 Å². The Kier molecular flexibility index (Phi) is 8.39. The monoisotopic (exact) mass is 559 g/mol. The highest BCUT2D eigenvalue weighted by molar-refractivity contribution is 5.91. The van der Waals surface area contributed by atoms with Crippen LogP contribution >= 0.6 is 0 Å². The predicted octanol–water partition coefficient (Wildman–Crippen LogP) is 3.70. The molecule has 4 amide bonds. The van der Waals surface area contributed by atoms with Crippen LogP contribution in [0.3, 0.4) is 0 Å². The van der Waals surface area contributed by atoms with Crippen LogP contribution in [0.25, 0.3) is 0 Å². The first-order chi connectivity index (χ1) is 19.9. The minimum absolute atomic E-state index is 0.0384. The summed E-state index contributed by atoms with van der Waals surface area (Å²) in [6.07, 6.45) is 1.04. The Morgan fingerprint density at radius 3 is 2.22 bits per heavy atom. The zero-order valence-electron chi connectivity index (χ0n) is 22.5. The molecule has 3 aromatic rings. The molecule has 0 aliphatic carbocycles. The lowest BCUT2D eigenvalue weighted by Crippen LogP contribution is -2.66. The van der Waals surface area contributed by atoms with Gasteiger partial charge in [-0.1, -0.05) is 72.8 Å². The summed E-state index contributed by atoms with van der Waals surface area (Å²) in [6.45, 7) is 3.67. The lowest BCUT2D eigenvalue weighted by atomic mass is 10.00. The number of amides is 4. The number of benzene rings is 3. The normalized spacial score (nSPS) is 18.8. The van der Waals surface area contributed by atoms with Crippen molar-refractivity contribution in [3.05, 3.63) is 120 Å². The molecule has 2 heterocycles. The van der Waals surface area contributed by atoms with E-state index in [9.17, 15) is 23.2 Å². The molecule has 10 heteroatoms. The molecule has 0 aromatic heterocycles. The average molecular weight is 560 g/mol. The molecule has 0 bridgehead atoms. The molecule has 0 unspecified atom stereocenters. The minimum atomic E-state index is -0.915. The van der Waals surface area contributed by atoms with E-state index in [1.165, 1.54) is 20.9 Å². The summed E-state index contributed by atoms with van der Waals surface area (Å²) in [5, 5.41) is 5.89. The van der Waals surface area contributed by atoms with Crippen LogP contribution in [0.4, 0.5) is 13.6 Å². The molecule has 2 aliphatic heterocycles. The van der Waals surface area contributed by atoms with Crippen LogP contribution < -0.4 is 5.32 Å². The molecule has 5 rings (SSSR count). The highest BCUT2D eigenvalue weighted by Crippen LogP contribution is 2.31. The summed E-state index contributed by atoms with van der Waals surface area (Å²) >= 11 is 0. The Morgan fingerprint density at radius 1 is 0.951 bits per heavy atom. The van der Waals surface area contributed by atoms with Crippen LogP contribution in [0.1, 0.15) is 16.7 Å². The van der Waals surface area contributed by atoms with Gasteiger partial charge in [0.25, 0.3) is 0 Å². The maximum atomic E-state index is 14.6. The van der Waals surface area contributed by atoms with Crippen molar-refractivity contribution in [2.24, 2.45) is 0 Å². The number of carbonyl (C=O) groups is 3. The lowest BCUT2D eigenvalue weighted by Gasteiger charge is -2.46. The van der Waals surface area contributed by atoms with Gasteiger partial charge in [0, 0.05) is 18.5 Å². The smallest absolute Gasteiger partial charge is 0.332 e. The van der Waals surface area contributed by atoms with E-state index in [0.717, 1.165) is 23.3 Å². The van der Waals surface area contributed by atoms with Gasteiger partial charge in [0.05, 0.1) is 26.2 Å². The van der Waals surface area contributed by atoms with Crippen LogP contribution in [-0.2, 0) is 29.1 Å². The largest absolute Gasteiger partial charge is 0.333 e. The topological polar surface area (TPSA) is 76.2 Å². The van der Waals surface area contributed by atoms with Crippen molar-refractivity contribution in [1.82, 2.24) is 25.1 Å². The van der Waals surface area contributed by atoms with Crippen LogP contribution in [0.5, 0.6) is 0 Å². The third kappa shape index (κ3) is 5.97. The Hall–Kier alpha value is -4.57. The number of urea groups is 1. The van der Waals surface area contributed by atoms with Gasteiger partial charge in [0.1, 0.15) is 23.8 Å². The molecule has 2 atom stereocenters. The van der Waals surface area contributed by atoms with E-state index >= 15 is 0 Å². The molecule has 0 spiro atoms. The van der Waals surface area contributed by atoms with Gasteiger partial charge in [-0.3, -0.25) is 14.6 Å². The Balaban J connectivity index is 1.45. The van der Waals surface area contributed by atoms with Crippen molar-refractivity contribution in [3.63, 3.8) is 0 Å². The average Bonchev–Trinajstić information content (AvgIpc) is 3.30. The first kappa shape index (κ1) is 28.0. The van der Waals surface area contributed by atoms with Gasteiger partial charge in [-0.05, 0) is 23.3 Å². The molecule has 0 radical (unpaired) electrons. The number of hydrogen-bond donors (Lipinski definition) is 1. The fourth-order valence-electron chi connectivity index (χ4n) is 5.39.